The molecule has 1 amide bonds. The molecular weight excluding hydrogens is 412 g/mol. The molecule has 1 aliphatic heterocycles. The molecule has 160 valence electrons. The summed E-state index contributed by atoms with van der Waals surface area (Å²) in [6, 6.07) is 10.9. The molecule has 0 unspecified atom stereocenters. The van der Waals surface area contributed by atoms with E-state index >= 15 is 0 Å². The molecule has 0 saturated carbocycles. The van der Waals surface area contributed by atoms with Crippen molar-refractivity contribution in [2.75, 3.05) is 19.8 Å². The van der Waals surface area contributed by atoms with Crippen molar-refractivity contribution in [1.29, 1.82) is 0 Å². The third-order valence-corrected chi connectivity index (χ3v) is 5.93. The molecule has 4 rings (SSSR count). The molecule has 2 aromatic carbocycles. The number of carbonyl (C=O) groups excluding carboxylic acids is 1. The van der Waals surface area contributed by atoms with E-state index in [0.29, 0.717) is 54.0 Å². The fourth-order valence-electron chi connectivity index (χ4n) is 3.35. The fourth-order valence-corrected chi connectivity index (χ4v) is 4.39. The maximum Gasteiger partial charge on any atom is 0.279 e. The Kier molecular flexibility index (Phi) is 6.58. The number of hydrogen-bond acceptors (Lipinski definition) is 5. The van der Waals surface area contributed by atoms with Gasteiger partial charge >= 0.3 is 0 Å². The number of amides is 1. The minimum Gasteiger partial charge on any atom is -0.494 e. The van der Waals surface area contributed by atoms with E-state index in [1.165, 1.54) is 11.3 Å². The number of nitrogens with zero attached hydrogens (tertiary/aromatic N) is 2. The molecular formula is C24H24N2O4S. The van der Waals surface area contributed by atoms with Crippen LogP contribution in [0.1, 0.15) is 36.5 Å². The van der Waals surface area contributed by atoms with E-state index in [1.54, 1.807) is 18.2 Å². The third kappa shape index (κ3) is 4.75. The third-order valence-electron chi connectivity index (χ3n) is 4.89. The summed E-state index contributed by atoms with van der Waals surface area (Å²) in [6.07, 6.45) is 8.83. The summed E-state index contributed by atoms with van der Waals surface area (Å²) in [5, 5.41) is 0. The zero-order valence-corrected chi connectivity index (χ0v) is 18.2. The maximum atomic E-state index is 12.9. The Morgan fingerprint density at radius 1 is 1.23 bits per heavy atom. The summed E-state index contributed by atoms with van der Waals surface area (Å²) < 4.78 is 19.9. The van der Waals surface area contributed by atoms with Crippen LogP contribution in [0.15, 0.2) is 41.4 Å². The number of fused-ring (bicyclic) bond motifs is 2. The van der Waals surface area contributed by atoms with E-state index in [9.17, 15) is 4.79 Å². The van der Waals surface area contributed by atoms with Gasteiger partial charge in [-0.3, -0.25) is 4.79 Å². The van der Waals surface area contributed by atoms with Crippen LogP contribution in [0.2, 0.25) is 0 Å². The molecule has 1 aliphatic rings. The molecule has 0 aliphatic carbocycles. The van der Waals surface area contributed by atoms with Gasteiger partial charge in [-0.25, -0.2) is 0 Å². The van der Waals surface area contributed by atoms with Crippen molar-refractivity contribution >= 4 is 27.5 Å². The van der Waals surface area contributed by atoms with Crippen molar-refractivity contribution in [3.05, 3.63) is 46.8 Å². The van der Waals surface area contributed by atoms with Crippen molar-refractivity contribution in [2.45, 2.75) is 32.7 Å². The molecule has 0 radical (unpaired) electrons. The number of thiazole rings is 1. The van der Waals surface area contributed by atoms with Gasteiger partial charge in [0.1, 0.15) is 19.0 Å². The lowest BCUT2D eigenvalue weighted by molar-refractivity contribution is 0.0997. The van der Waals surface area contributed by atoms with Gasteiger partial charge in [0.25, 0.3) is 5.91 Å². The lowest BCUT2D eigenvalue weighted by Crippen LogP contribution is -2.17. The first kappa shape index (κ1) is 21.0. The number of ether oxygens (including phenoxy) is 3. The molecule has 0 saturated heterocycles. The van der Waals surface area contributed by atoms with Crippen LogP contribution in [0.4, 0.5) is 0 Å². The van der Waals surface area contributed by atoms with Gasteiger partial charge in [0, 0.05) is 17.7 Å². The second-order valence-corrected chi connectivity index (χ2v) is 8.15. The van der Waals surface area contributed by atoms with Crippen LogP contribution in [0.5, 0.6) is 17.2 Å². The highest BCUT2D eigenvalue weighted by molar-refractivity contribution is 7.16. The first-order valence-electron chi connectivity index (χ1n) is 10.4. The van der Waals surface area contributed by atoms with Gasteiger partial charge in [-0.2, -0.15) is 4.99 Å². The van der Waals surface area contributed by atoms with E-state index in [4.69, 9.17) is 20.6 Å². The van der Waals surface area contributed by atoms with Crippen LogP contribution < -0.4 is 19.0 Å². The maximum absolute atomic E-state index is 12.9. The summed E-state index contributed by atoms with van der Waals surface area (Å²) in [5.74, 6) is 4.35. The minimum atomic E-state index is -0.339. The number of rotatable bonds is 7. The zero-order chi connectivity index (χ0) is 21.6. The molecule has 7 heteroatoms. The van der Waals surface area contributed by atoms with Crippen LogP contribution >= 0.6 is 11.3 Å². The van der Waals surface area contributed by atoms with Crippen molar-refractivity contribution in [1.82, 2.24) is 4.57 Å². The van der Waals surface area contributed by atoms with E-state index in [-0.39, 0.29) is 5.91 Å². The normalized spacial score (nSPS) is 13.2. The molecule has 0 fully saturated rings. The van der Waals surface area contributed by atoms with Gasteiger partial charge in [-0.15, -0.1) is 6.42 Å². The van der Waals surface area contributed by atoms with Gasteiger partial charge < -0.3 is 18.8 Å². The Bertz CT molecular complexity index is 1200. The number of benzene rings is 2. The molecule has 0 bridgehead atoms. The van der Waals surface area contributed by atoms with Crippen molar-refractivity contribution in [2.24, 2.45) is 4.99 Å². The molecule has 0 atom stereocenters. The van der Waals surface area contributed by atoms with Crippen LogP contribution in [-0.2, 0) is 6.54 Å². The quantitative estimate of drug-likeness (QED) is 0.406. The van der Waals surface area contributed by atoms with Crippen LogP contribution in [-0.4, -0.2) is 30.3 Å². The monoisotopic (exact) mass is 436 g/mol. The Hall–Kier alpha value is -3.24. The average molecular weight is 437 g/mol. The highest BCUT2D eigenvalue weighted by atomic mass is 32.1. The van der Waals surface area contributed by atoms with Crippen molar-refractivity contribution < 1.29 is 19.0 Å². The first-order valence-corrected chi connectivity index (χ1v) is 11.2. The number of unbranched alkanes of at least 4 members (excludes halogenated alkanes) is 2. The smallest absolute Gasteiger partial charge is 0.279 e. The SMILES string of the molecule is C#CCn1c(=NC(=O)c2cccc(OCCCCC)c2)sc2cc3c(cc21)OCCO3. The van der Waals surface area contributed by atoms with Crippen molar-refractivity contribution in [3.8, 4) is 29.6 Å². The van der Waals surface area contributed by atoms with Gasteiger partial charge in [-0.05, 0) is 24.6 Å². The number of hydrogen-bond donors (Lipinski definition) is 0. The second kappa shape index (κ2) is 9.71. The molecule has 1 aromatic heterocycles. The van der Waals surface area contributed by atoms with E-state index in [0.717, 1.165) is 29.5 Å². The van der Waals surface area contributed by atoms with E-state index in [2.05, 4.69) is 17.8 Å². The summed E-state index contributed by atoms with van der Waals surface area (Å²) in [4.78, 5) is 17.8. The molecule has 31 heavy (non-hydrogen) atoms. The summed E-state index contributed by atoms with van der Waals surface area (Å²) in [7, 11) is 0. The van der Waals surface area contributed by atoms with Crippen molar-refractivity contribution in [3.63, 3.8) is 0 Å². The fraction of sp³-hybridized carbons (Fsp3) is 0.333. The predicted molar refractivity (Wildman–Crippen MR) is 121 cm³/mol. The number of terminal acetylenes is 1. The number of carbonyl (C=O) groups is 1. The largest absolute Gasteiger partial charge is 0.494 e. The van der Waals surface area contributed by atoms with E-state index in [1.807, 2.05) is 22.8 Å². The number of aromatic nitrogens is 1. The Morgan fingerprint density at radius 2 is 2.03 bits per heavy atom. The summed E-state index contributed by atoms with van der Waals surface area (Å²) in [6.45, 7) is 4.10. The zero-order valence-electron chi connectivity index (χ0n) is 17.4. The topological polar surface area (TPSA) is 62.1 Å². The summed E-state index contributed by atoms with van der Waals surface area (Å²) >= 11 is 1.40. The lowest BCUT2D eigenvalue weighted by Gasteiger charge is -2.18. The van der Waals surface area contributed by atoms with Crippen LogP contribution in [0.3, 0.4) is 0 Å². The van der Waals surface area contributed by atoms with E-state index < -0.39 is 0 Å². The van der Waals surface area contributed by atoms with Crippen LogP contribution in [0, 0.1) is 12.3 Å². The molecule has 0 N–H and O–H groups in total. The highest BCUT2D eigenvalue weighted by Crippen LogP contribution is 2.35. The molecule has 6 nitrogen and oxygen atoms in total. The average Bonchev–Trinajstić information content (AvgIpc) is 3.11. The molecule has 3 aromatic rings. The first-order chi connectivity index (χ1) is 15.2. The van der Waals surface area contributed by atoms with Gasteiger partial charge in [0.05, 0.1) is 23.4 Å². The molecule has 0 spiro atoms. The second-order valence-electron chi connectivity index (χ2n) is 7.14. The lowest BCUT2D eigenvalue weighted by atomic mass is 10.2. The van der Waals surface area contributed by atoms with Gasteiger partial charge in [-0.1, -0.05) is 43.1 Å². The minimum absolute atomic E-state index is 0.298. The Balaban J connectivity index is 1.66. The van der Waals surface area contributed by atoms with Crippen LogP contribution in [0.25, 0.3) is 10.2 Å². The predicted octanol–water partition coefficient (Wildman–Crippen LogP) is 4.42. The van der Waals surface area contributed by atoms with Gasteiger partial charge in [0.2, 0.25) is 0 Å². The highest BCUT2D eigenvalue weighted by Gasteiger charge is 2.17. The standard InChI is InChI=1S/C24H24N2O4S/c1-3-5-6-11-28-18-9-7-8-17(14-18)23(27)25-24-26(10-4-2)19-15-20-21(16-22(19)31-24)30-13-12-29-20/h2,7-9,14-16H,3,5-6,10-13H2,1H3. The Morgan fingerprint density at radius 3 is 2.81 bits per heavy atom. The Labute approximate surface area is 185 Å². The molecule has 2 heterocycles. The summed E-state index contributed by atoms with van der Waals surface area (Å²) in [5.41, 5.74) is 1.34. The van der Waals surface area contributed by atoms with Gasteiger partial charge in [0.15, 0.2) is 16.3 Å².